The number of nitrogens with zero attached hydrogens (tertiary/aromatic N) is 1. The van der Waals surface area contributed by atoms with Crippen LogP contribution in [-0.4, -0.2) is 27.4 Å². The molecule has 0 amide bonds. The molecule has 0 fully saturated rings. The maximum absolute atomic E-state index is 13.2. The number of halogens is 2. The van der Waals surface area contributed by atoms with Crippen LogP contribution in [0.4, 0.5) is 8.78 Å². The topological polar surface area (TPSA) is 53.4 Å². The predicted molar refractivity (Wildman–Crippen MR) is 81.0 cm³/mol. The third-order valence-electron chi connectivity index (χ3n) is 3.30. The van der Waals surface area contributed by atoms with Crippen LogP contribution in [0.25, 0.3) is 11.3 Å². The van der Waals surface area contributed by atoms with Gasteiger partial charge in [-0.05, 0) is 25.6 Å². The van der Waals surface area contributed by atoms with Crippen molar-refractivity contribution in [3.8, 4) is 11.3 Å². The molecule has 0 aliphatic heterocycles. The first-order valence-electron chi connectivity index (χ1n) is 6.97. The van der Waals surface area contributed by atoms with Gasteiger partial charge in [-0.25, -0.2) is 0 Å². The number of rotatable bonds is 3. The van der Waals surface area contributed by atoms with E-state index >= 15 is 0 Å². The number of hydrogen-bond donors (Lipinski definition) is 2. The van der Waals surface area contributed by atoms with Gasteiger partial charge in [0.15, 0.2) is 0 Å². The normalized spacial score (nSPS) is 13.9. The zero-order chi connectivity index (χ0) is 16.7. The number of aliphatic hydroxyl groups excluding tert-OH is 2. The van der Waals surface area contributed by atoms with Gasteiger partial charge in [-0.15, -0.1) is 12.1 Å². The largest absolute Gasteiger partial charge is 0.393 e. The monoisotopic (exact) mass is 503 g/mol. The second-order valence-corrected chi connectivity index (χ2v) is 5.10. The van der Waals surface area contributed by atoms with Crippen molar-refractivity contribution in [1.82, 2.24) is 4.98 Å². The van der Waals surface area contributed by atoms with Crippen LogP contribution < -0.4 is 0 Å². The molecule has 130 valence electrons. The number of aromatic nitrogens is 1. The van der Waals surface area contributed by atoms with Gasteiger partial charge in [-0.1, -0.05) is 30.7 Å². The summed E-state index contributed by atoms with van der Waals surface area (Å²) in [6, 6.07) is 9.53. The van der Waals surface area contributed by atoms with Crippen LogP contribution in [-0.2, 0) is 21.1 Å². The summed E-state index contributed by atoms with van der Waals surface area (Å²) in [6.07, 6.45) is 0.733. The third-order valence-corrected chi connectivity index (χ3v) is 3.30. The number of pyridine rings is 1. The van der Waals surface area contributed by atoms with Crippen molar-refractivity contribution in [3.05, 3.63) is 54.2 Å². The standard InChI is InChI=1S/C11H6F2N.C6H14O2.Pt/c12-8-4-5-9(10(13)7-8)11-3-1-2-6-14-11;1-4(5(2)7)6(3)8;/h1-4,6-7H;4-8H,1-3H3;/q-1;;. The molecule has 1 heterocycles. The van der Waals surface area contributed by atoms with Crippen molar-refractivity contribution in [2.75, 3.05) is 0 Å². The van der Waals surface area contributed by atoms with Crippen molar-refractivity contribution in [2.24, 2.45) is 5.92 Å². The summed E-state index contributed by atoms with van der Waals surface area (Å²) >= 11 is 0. The van der Waals surface area contributed by atoms with Crippen LogP contribution in [0.1, 0.15) is 20.8 Å². The van der Waals surface area contributed by atoms with Crippen molar-refractivity contribution in [1.29, 1.82) is 0 Å². The van der Waals surface area contributed by atoms with E-state index in [1.165, 1.54) is 0 Å². The minimum absolute atomic E-state index is 0. The molecule has 2 aromatic rings. The van der Waals surface area contributed by atoms with Crippen LogP contribution in [0.3, 0.4) is 0 Å². The molecule has 0 radical (unpaired) electrons. The Balaban J connectivity index is 0.000000469. The van der Waals surface area contributed by atoms with Crippen LogP contribution in [0, 0.1) is 23.6 Å². The molecule has 23 heavy (non-hydrogen) atoms. The summed E-state index contributed by atoms with van der Waals surface area (Å²) in [5, 5.41) is 17.7. The molecule has 2 rings (SSSR count). The average Bonchev–Trinajstić information content (AvgIpc) is 2.47. The fourth-order valence-electron chi connectivity index (χ4n) is 1.55. The Labute approximate surface area is 149 Å². The van der Waals surface area contributed by atoms with Gasteiger partial charge in [0.05, 0.1) is 12.2 Å². The smallest absolute Gasteiger partial charge is 0.0562 e. The van der Waals surface area contributed by atoms with E-state index in [0.29, 0.717) is 5.69 Å². The molecule has 0 spiro atoms. The minimum atomic E-state index is -0.649. The fourth-order valence-corrected chi connectivity index (χ4v) is 1.55. The second-order valence-electron chi connectivity index (χ2n) is 5.10. The maximum atomic E-state index is 13.2. The molecule has 2 N–H and O–H groups in total. The molecular weight excluding hydrogens is 483 g/mol. The molecule has 0 saturated carbocycles. The summed E-state index contributed by atoms with van der Waals surface area (Å²) in [5.74, 6) is -1.30. The Morgan fingerprint density at radius 3 is 2.09 bits per heavy atom. The minimum Gasteiger partial charge on any atom is -0.393 e. The molecule has 0 saturated heterocycles. The van der Waals surface area contributed by atoms with Crippen molar-refractivity contribution in [3.63, 3.8) is 0 Å². The van der Waals surface area contributed by atoms with Crippen LogP contribution in [0.5, 0.6) is 0 Å². The van der Waals surface area contributed by atoms with Crippen LogP contribution in [0.2, 0.25) is 0 Å². The molecule has 1 aromatic heterocycles. The molecule has 6 heteroatoms. The van der Waals surface area contributed by atoms with E-state index in [0.717, 1.165) is 12.1 Å². The zero-order valence-electron chi connectivity index (χ0n) is 13.1. The molecule has 2 atom stereocenters. The molecule has 0 aliphatic rings. The SMILES string of the molecule is CC(O)C(C)C(C)O.Fc1c[c-]c(-c2ccccn2)c(F)c1.[Pt]. The van der Waals surface area contributed by atoms with Crippen molar-refractivity contribution < 1.29 is 40.1 Å². The van der Waals surface area contributed by atoms with Crippen molar-refractivity contribution >= 4 is 0 Å². The average molecular weight is 503 g/mol. The number of aliphatic hydroxyl groups is 2. The maximum Gasteiger partial charge on any atom is 0.0562 e. The number of benzene rings is 1. The Hall–Kier alpha value is -1.16. The van der Waals surface area contributed by atoms with Gasteiger partial charge < -0.3 is 15.2 Å². The molecule has 1 aromatic carbocycles. The molecule has 2 unspecified atom stereocenters. The van der Waals surface area contributed by atoms with Gasteiger partial charge in [0.2, 0.25) is 0 Å². The van der Waals surface area contributed by atoms with Gasteiger partial charge in [-0.2, -0.15) is 0 Å². The summed E-state index contributed by atoms with van der Waals surface area (Å²) in [4.78, 5) is 3.95. The van der Waals surface area contributed by atoms with Gasteiger partial charge >= 0.3 is 0 Å². The summed E-state index contributed by atoms with van der Waals surface area (Å²) in [5.41, 5.74) is 0.636. The summed E-state index contributed by atoms with van der Waals surface area (Å²) in [6.45, 7) is 5.17. The Morgan fingerprint density at radius 1 is 1.09 bits per heavy atom. The Kier molecular flexibility index (Phi) is 10.0. The van der Waals surface area contributed by atoms with Gasteiger partial charge in [0.25, 0.3) is 0 Å². The zero-order valence-corrected chi connectivity index (χ0v) is 15.4. The second kappa shape index (κ2) is 10.6. The van der Waals surface area contributed by atoms with E-state index in [1.54, 1.807) is 38.2 Å². The fraction of sp³-hybridized carbons (Fsp3) is 0.353. The van der Waals surface area contributed by atoms with E-state index in [9.17, 15) is 8.78 Å². The summed E-state index contributed by atoms with van der Waals surface area (Å²) < 4.78 is 25.8. The summed E-state index contributed by atoms with van der Waals surface area (Å²) in [7, 11) is 0. The van der Waals surface area contributed by atoms with Crippen molar-refractivity contribution in [2.45, 2.75) is 33.0 Å². The van der Waals surface area contributed by atoms with Gasteiger partial charge in [0, 0.05) is 44.8 Å². The van der Waals surface area contributed by atoms with Gasteiger partial charge in [-0.3, -0.25) is 8.78 Å². The van der Waals surface area contributed by atoms with E-state index < -0.39 is 23.8 Å². The first kappa shape index (κ1) is 21.8. The van der Waals surface area contributed by atoms with E-state index in [1.807, 2.05) is 6.92 Å². The van der Waals surface area contributed by atoms with E-state index in [4.69, 9.17) is 10.2 Å². The molecule has 0 bridgehead atoms. The first-order chi connectivity index (χ1) is 10.3. The molecule has 3 nitrogen and oxygen atoms in total. The van der Waals surface area contributed by atoms with E-state index in [2.05, 4.69) is 11.1 Å². The quantitative estimate of drug-likeness (QED) is 0.633. The third kappa shape index (κ3) is 7.30. The first-order valence-corrected chi connectivity index (χ1v) is 6.97. The molecular formula is C17H20F2NO2Pt-. The Bertz CT molecular complexity index is 572. The van der Waals surface area contributed by atoms with Crippen LogP contribution in [0.15, 0.2) is 36.5 Å². The number of hydrogen-bond acceptors (Lipinski definition) is 3. The predicted octanol–water partition coefficient (Wildman–Crippen LogP) is 3.21. The van der Waals surface area contributed by atoms with E-state index in [-0.39, 0.29) is 32.5 Å². The molecule has 0 aliphatic carbocycles. The Morgan fingerprint density at radius 2 is 1.70 bits per heavy atom. The van der Waals surface area contributed by atoms with Crippen LogP contribution >= 0.6 is 0 Å². The van der Waals surface area contributed by atoms with Gasteiger partial charge in [0.1, 0.15) is 0 Å².